The molecule has 5 rings (SSSR count). The molecule has 0 aromatic carbocycles. The summed E-state index contributed by atoms with van der Waals surface area (Å²) in [5.74, 6) is 0.403. The number of ether oxygens (including phenoxy) is 1. The topological polar surface area (TPSA) is 98.8 Å². The van der Waals surface area contributed by atoms with Gasteiger partial charge in [0.1, 0.15) is 22.3 Å². The van der Waals surface area contributed by atoms with Crippen LogP contribution in [0.15, 0.2) is 36.7 Å². The van der Waals surface area contributed by atoms with E-state index in [9.17, 15) is 4.39 Å². The van der Waals surface area contributed by atoms with Crippen molar-refractivity contribution < 1.29 is 9.13 Å². The molecule has 0 atom stereocenters. The molecule has 29 heavy (non-hydrogen) atoms. The first-order chi connectivity index (χ1) is 14.1. The van der Waals surface area contributed by atoms with Crippen LogP contribution in [0.2, 0.25) is 0 Å². The zero-order valence-electron chi connectivity index (χ0n) is 15.8. The molecule has 2 fully saturated rings. The zero-order valence-corrected chi connectivity index (χ0v) is 16.6. The number of anilines is 1. The molecule has 4 heterocycles. The van der Waals surface area contributed by atoms with Crippen LogP contribution in [-0.4, -0.2) is 39.9 Å². The molecule has 1 aliphatic heterocycles. The molecule has 1 saturated heterocycles. The van der Waals surface area contributed by atoms with Gasteiger partial charge in [0.2, 0.25) is 0 Å². The van der Waals surface area contributed by atoms with E-state index in [1.807, 2.05) is 12.1 Å². The van der Waals surface area contributed by atoms with E-state index in [0.29, 0.717) is 37.0 Å². The molecular formula is C20H21FN6OS. The monoisotopic (exact) mass is 412 g/mol. The zero-order chi connectivity index (χ0) is 19.9. The average Bonchev–Trinajstić information content (AvgIpc) is 3.17. The number of nitrogens with two attached hydrogens (primary N) is 1. The van der Waals surface area contributed by atoms with Gasteiger partial charge in [0.25, 0.3) is 0 Å². The number of halogens is 1. The van der Waals surface area contributed by atoms with E-state index in [-0.39, 0.29) is 11.2 Å². The number of aromatic nitrogens is 4. The fraction of sp³-hybridized carbons (Fsp3) is 0.400. The van der Waals surface area contributed by atoms with Crippen LogP contribution in [0.4, 0.5) is 10.2 Å². The molecule has 3 aromatic heterocycles. The van der Waals surface area contributed by atoms with Crippen molar-refractivity contribution in [3.63, 3.8) is 0 Å². The smallest absolute Gasteiger partial charge is 0.148 e. The molecule has 150 valence electrons. The quantitative estimate of drug-likeness (QED) is 0.642. The molecule has 7 nitrogen and oxygen atoms in total. The number of hydrogen-bond donors (Lipinski definition) is 2. The van der Waals surface area contributed by atoms with Gasteiger partial charge in [0.15, 0.2) is 0 Å². The van der Waals surface area contributed by atoms with E-state index in [2.05, 4.69) is 25.5 Å². The minimum Gasteiger partial charge on any atom is -0.377 e. The SMILES string of the molecule is NC1(c2cnc(-c3ccc(NCC4(c5ncccc5F)CCC4)nn3)s2)COC1. The Balaban J connectivity index is 1.28. The van der Waals surface area contributed by atoms with Crippen molar-refractivity contribution in [1.82, 2.24) is 20.2 Å². The Labute approximate surface area is 171 Å². The first-order valence-electron chi connectivity index (χ1n) is 9.60. The first-order valence-corrected chi connectivity index (χ1v) is 10.4. The largest absolute Gasteiger partial charge is 0.377 e. The highest BCUT2D eigenvalue weighted by molar-refractivity contribution is 7.15. The highest BCUT2D eigenvalue weighted by Crippen LogP contribution is 2.43. The van der Waals surface area contributed by atoms with Crippen LogP contribution in [0.1, 0.15) is 29.8 Å². The van der Waals surface area contributed by atoms with Crippen molar-refractivity contribution in [1.29, 1.82) is 0 Å². The molecular weight excluding hydrogens is 391 g/mol. The lowest BCUT2D eigenvalue weighted by atomic mass is 9.66. The maximum absolute atomic E-state index is 14.2. The maximum Gasteiger partial charge on any atom is 0.148 e. The van der Waals surface area contributed by atoms with Gasteiger partial charge in [-0.15, -0.1) is 21.5 Å². The van der Waals surface area contributed by atoms with E-state index >= 15 is 0 Å². The molecule has 0 radical (unpaired) electrons. The van der Waals surface area contributed by atoms with Crippen LogP contribution in [0.5, 0.6) is 0 Å². The van der Waals surface area contributed by atoms with Gasteiger partial charge in [-0.3, -0.25) is 4.98 Å². The molecule has 3 aromatic rings. The van der Waals surface area contributed by atoms with Crippen LogP contribution in [0, 0.1) is 5.82 Å². The number of nitrogens with zero attached hydrogens (tertiary/aromatic N) is 4. The predicted octanol–water partition coefficient (Wildman–Crippen LogP) is 2.85. The summed E-state index contributed by atoms with van der Waals surface area (Å²) in [4.78, 5) is 9.72. The Morgan fingerprint density at radius 3 is 2.66 bits per heavy atom. The van der Waals surface area contributed by atoms with E-state index in [1.165, 1.54) is 17.4 Å². The molecule has 9 heteroatoms. The van der Waals surface area contributed by atoms with Crippen molar-refractivity contribution in [3.8, 4) is 10.7 Å². The second-order valence-corrected chi connectivity index (χ2v) is 8.83. The Morgan fingerprint density at radius 2 is 2.03 bits per heavy atom. The summed E-state index contributed by atoms with van der Waals surface area (Å²) in [5.41, 5.74) is 6.79. The highest BCUT2D eigenvalue weighted by Gasteiger charge is 2.42. The summed E-state index contributed by atoms with van der Waals surface area (Å²) in [7, 11) is 0. The summed E-state index contributed by atoms with van der Waals surface area (Å²) in [5, 5.41) is 12.7. The maximum atomic E-state index is 14.2. The molecule has 0 unspecified atom stereocenters. The highest BCUT2D eigenvalue weighted by atomic mass is 32.1. The summed E-state index contributed by atoms with van der Waals surface area (Å²) in [6.45, 7) is 1.61. The van der Waals surface area contributed by atoms with Crippen molar-refractivity contribution in [2.45, 2.75) is 30.2 Å². The van der Waals surface area contributed by atoms with Crippen LogP contribution in [-0.2, 0) is 15.7 Å². The van der Waals surface area contributed by atoms with Gasteiger partial charge in [-0.1, -0.05) is 6.42 Å². The molecule has 0 spiro atoms. The first kappa shape index (κ1) is 18.5. The molecule has 0 amide bonds. The van der Waals surface area contributed by atoms with Crippen LogP contribution >= 0.6 is 11.3 Å². The summed E-state index contributed by atoms with van der Waals surface area (Å²) < 4.78 is 19.5. The van der Waals surface area contributed by atoms with Gasteiger partial charge in [0.05, 0.1) is 24.4 Å². The Kier molecular flexibility index (Phi) is 4.53. The third-order valence-electron chi connectivity index (χ3n) is 5.78. The molecule has 2 aliphatic rings. The van der Waals surface area contributed by atoms with Gasteiger partial charge >= 0.3 is 0 Å². The van der Waals surface area contributed by atoms with E-state index in [1.54, 1.807) is 18.5 Å². The molecule has 3 N–H and O–H groups in total. The number of hydrogen-bond acceptors (Lipinski definition) is 8. The van der Waals surface area contributed by atoms with Crippen molar-refractivity contribution in [2.24, 2.45) is 5.73 Å². The van der Waals surface area contributed by atoms with E-state index < -0.39 is 5.54 Å². The molecule has 1 aliphatic carbocycles. The summed E-state index contributed by atoms with van der Waals surface area (Å²) in [6, 6.07) is 6.85. The fourth-order valence-corrected chi connectivity index (χ4v) is 4.72. The van der Waals surface area contributed by atoms with Crippen molar-refractivity contribution in [2.75, 3.05) is 25.1 Å². The number of thiazole rings is 1. The Hall–Kier alpha value is -2.49. The second-order valence-electron chi connectivity index (χ2n) is 7.80. The third kappa shape index (κ3) is 3.29. The summed E-state index contributed by atoms with van der Waals surface area (Å²) >= 11 is 1.51. The normalized spacial score (nSPS) is 19.2. The lowest BCUT2D eigenvalue weighted by Gasteiger charge is -2.41. The lowest BCUT2D eigenvalue weighted by Crippen LogP contribution is -2.53. The number of pyridine rings is 1. The molecule has 1 saturated carbocycles. The summed E-state index contributed by atoms with van der Waals surface area (Å²) in [6.07, 6.45) is 6.33. The van der Waals surface area contributed by atoms with Gasteiger partial charge in [0, 0.05) is 29.2 Å². The average molecular weight is 412 g/mol. The number of nitrogens with one attached hydrogen (secondary N) is 1. The molecule has 0 bridgehead atoms. The van der Waals surface area contributed by atoms with Gasteiger partial charge in [-0.05, 0) is 37.1 Å². The lowest BCUT2D eigenvalue weighted by molar-refractivity contribution is -0.0551. The van der Waals surface area contributed by atoms with E-state index in [0.717, 1.165) is 29.1 Å². The minimum atomic E-state index is -0.428. The van der Waals surface area contributed by atoms with Crippen molar-refractivity contribution >= 4 is 17.2 Å². The number of rotatable bonds is 6. The van der Waals surface area contributed by atoms with Crippen LogP contribution < -0.4 is 11.1 Å². The Morgan fingerprint density at radius 1 is 1.17 bits per heavy atom. The Bertz CT molecular complexity index is 1020. The van der Waals surface area contributed by atoms with Crippen LogP contribution in [0.3, 0.4) is 0 Å². The standard InChI is InChI=1S/C20H21FN6OS/c21-13-3-1-8-23-17(13)19(6-2-7-19)10-25-16-5-4-14(26-27-16)18-24-9-15(29-18)20(22)11-28-12-20/h1,3-5,8-9H,2,6-7,10-12,22H2,(H,25,27). The van der Waals surface area contributed by atoms with Crippen LogP contribution in [0.25, 0.3) is 10.7 Å². The fourth-order valence-electron chi connectivity index (χ4n) is 3.76. The van der Waals surface area contributed by atoms with E-state index in [4.69, 9.17) is 10.5 Å². The van der Waals surface area contributed by atoms with Gasteiger partial charge in [-0.25, -0.2) is 9.37 Å². The van der Waals surface area contributed by atoms with Gasteiger partial charge < -0.3 is 15.8 Å². The van der Waals surface area contributed by atoms with Crippen molar-refractivity contribution in [3.05, 3.63) is 53.0 Å². The minimum absolute atomic E-state index is 0.246. The predicted molar refractivity (Wildman–Crippen MR) is 108 cm³/mol. The third-order valence-corrected chi connectivity index (χ3v) is 7.02. The second kappa shape index (κ2) is 7.08. The van der Waals surface area contributed by atoms with Gasteiger partial charge in [-0.2, -0.15) is 0 Å².